The summed E-state index contributed by atoms with van der Waals surface area (Å²) in [6.07, 6.45) is -1.51. The van der Waals surface area contributed by atoms with Gasteiger partial charge in [0.2, 0.25) is 0 Å². The zero-order chi connectivity index (χ0) is 21.4. The summed E-state index contributed by atoms with van der Waals surface area (Å²) in [7, 11) is -2.80. The second kappa shape index (κ2) is 11.3. The maximum atomic E-state index is 12.0. The quantitative estimate of drug-likeness (QED) is 0.339. The van der Waals surface area contributed by atoms with Crippen LogP contribution in [-0.2, 0) is 23.4 Å². The fourth-order valence-electron chi connectivity index (χ4n) is 2.08. The minimum atomic E-state index is -2.80. The van der Waals surface area contributed by atoms with Gasteiger partial charge in [-0.3, -0.25) is 13.9 Å². The van der Waals surface area contributed by atoms with Gasteiger partial charge in [0.1, 0.15) is 24.2 Å². The van der Waals surface area contributed by atoms with E-state index in [1.165, 1.54) is 30.7 Å². The smallest absolute Gasteiger partial charge is 0.351 e. The number of hydrogen-bond donors (Lipinski definition) is 3. The number of rotatable bonds is 11. The lowest BCUT2D eigenvalue weighted by Gasteiger charge is -2.25. The van der Waals surface area contributed by atoms with E-state index in [9.17, 15) is 19.3 Å². The molecule has 4 N–H and O–H groups in total. The molecule has 0 aliphatic heterocycles. The van der Waals surface area contributed by atoms with Crippen LogP contribution in [0.3, 0.4) is 0 Å². The largest absolute Gasteiger partial charge is 0.462 e. The molecule has 11 nitrogen and oxygen atoms in total. The molecule has 0 radical (unpaired) electrons. The molecule has 1 rings (SSSR count). The van der Waals surface area contributed by atoms with E-state index in [2.05, 4.69) is 10.1 Å². The zero-order valence-corrected chi connectivity index (χ0v) is 17.6. The van der Waals surface area contributed by atoms with Gasteiger partial charge in [-0.15, -0.1) is 0 Å². The maximum absolute atomic E-state index is 12.0. The first-order valence-corrected chi connectivity index (χ1v) is 10.1. The van der Waals surface area contributed by atoms with E-state index in [4.69, 9.17) is 19.7 Å². The van der Waals surface area contributed by atoms with Gasteiger partial charge in [0.05, 0.1) is 18.8 Å². The van der Waals surface area contributed by atoms with E-state index in [0.717, 1.165) is 0 Å². The molecule has 0 spiro atoms. The molecule has 0 amide bonds. The fraction of sp³-hybridized carbons (Fsp3) is 0.688. The van der Waals surface area contributed by atoms with Gasteiger partial charge in [-0.05, 0) is 40.7 Å². The van der Waals surface area contributed by atoms with Crippen molar-refractivity contribution in [3.05, 3.63) is 22.7 Å². The number of carbonyl (C=O) groups excluding carboxylic acids is 1. The van der Waals surface area contributed by atoms with Gasteiger partial charge in [0, 0.05) is 6.20 Å². The van der Waals surface area contributed by atoms with E-state index in [1.54, 1.807) is 20.8 Å². The van der Waals surface area contributed by atoms with Gasteiger partial charge in [0.25, 0.3) is 8.18 Å². The number of aliphatic hydroxyl groups is 1. The number of nitrogens with zero attached hydrogens (tertiary/aromatic N) is 2. The molecule has 1 heterocycles. The summed E-state index contributed by atoms with van der Waals surface area (Å²) in [4.78, 5) is 27.2. The van der Waals surface area contributed by atoms with Crippen LogP contribution in [0.15, 0.2) is 17.1 Å². The molecule has 0 aliphatic rings. The van der Waals surface area contributed by atoms with Crippen molar-refractivity contribution in [1.82, 2.24) is 14.6 Å². The van der Waals surface area contributed by atoms with Crippen LogP contribution in [0.25, 0.3) is 0 Å². The van der Waals surface area contributed by atoms with Crippen molar-refractivity contribution in [2.75, 3.05) is 12.3 Å². The molecule has 1 aromatic heterocycles. The summed E-state index contributed by atoms with van der Waals surface area (Å²) >= 11 is 0. The third kappa shape index (κ3) is 8.07. The summed E-state index contributed by atoms with van der Waals surface area (Å²) in [5.41, 5.74) is 4.84. The Morgan fingerprint density at radius 2 is 2.00 bits per heavy atom. The molecule has 0 saturated carbocycles. The number of hydrogen-bond acceptors (Lipinski definition) is 9. The lowest BCUT2D eigenvalue weighted by atomic mass is 10.2. The van der Waals surface area contributed by atoms with Gasteiger partial charge < -0.3 is 24.8 Å². The molecule has 0 fully saturated rings. The van der Waals surface area contributed by atoms with E-state index in [0.29, 0.717) is 0 Å². The number of anilines is 1. The fourth-order valence-corrected chi connectivity index (χ4v) is 2.95. The number of esters is 1. The number of aliphatic hydroxyl groups excluding tert-OH is 1. The summed E-state index contributed by atoms with van der Waals surface area (Å²) in [5, 5.41) is 12.4. The van der Waals surface area contributed by atoms with Crippen LogP contribution in [0.4, 0.5) is 5.82 Å². The molecule has 0 aromatic carbocycles. The standard InChI is InChI=1S/C16H29N4O7P/c1-9(2)26-15(22)10(3)19-28(24)25-8-13(11(4)21)27-12(5)20-7-6-14(17)18-16(20)23/h6-7,9-13,21,28H,8H2,1-5H3,(H,19,24)(H2,17,18,23)/t10-,11-,12+,13+/m0/s1. The molecule has 5 atom stereocenters. The van der Waals surface area contributed by atoms with Crippen LogP contribution in [-0.4, -0.2) is 51.6 Å². The highest BCUT2D eigenvalue weighted by Gasteiger charge is 2.23. The van der Waals surface area contributed by atoms with Gasteiger partial charge in [-0.2, -0.15) is 4.98 Å². The molecule has 12 heteroatoms. The Morgan fingerprint density at radius 3 is 2.54 bits per heavy atom. The predicted molar refractivity (Wildman–Crippen MR) is 103 cm³/mol. The molecular formula is C16H29N4O7P. The number of nitrogens with one attached hydrogen (secondary N) is 1. The number of nitrogens with two attached hydrogens (primary N) is 1. The summed E-state index contributed by atoms with van der Waals surface area (Å²) < 4.78 is 29.1. The first-order chi connectivity index (χ1) is 13.0. The number of ether oxygens (including phenoxy) is 2. The zero-order valence-electron chi connectivity index (χ0n) is 16.6. The SMILES string of the molecule is CC(C)OC(=O)[C@H](C)N[PH](=O)OC[C@@H](O[C@H](C)n1ccc(N)nc1=O)[C@H](C)O. The molecule has 28 heavy (non-hydrogen) atoms. The molecule has 0 aliphatic carbocycles. The predicted octanol–water partition coefficient (Wildman–Crippen LogP) is 0.446. The van der Waals surface area contributed by atoms with E-state index < -0.39 is 44.3 Å². The van der Waals surface area contributed by atoms with Crippen molar-refractivity contribution in [1.29, 1.82) is 0 Å². The first kappa shape index (κ1) is 24.3. The monoisotopic (exact) mass is 420 g/mol. The highest BCUT2D eigenvalue weighted by Crippen LogP contribution is 2.21. The summed E-state index contributed by atoms with van der Waals surface area (Å²) in [6, 6.07) is 0.619. The highest BCUT2D eigenvalue weighted by molar-refractivity contribution is 7.36. The van der Waals surface area contributed by atoms with E-state index in [-0.39, 0.29) is 18.5 Å². The van der Waals surface area contributed by atoms with Crippen LogP contribution in [0, 0.1) is 0 Å². The Hall–Kier alpha value is -1.78. The van der Waals surface area contributed by atoms with Crippen molar-refractivity contribution in [2.45, 2.75) is 65.2 Å². The van der Waals surface area contributed by atoms with Crippen molar-refractivity contribution in [3.63, 3.8) is 0 Å². The minimum Gasteiger partial charge on any atom is -0.462 e. The number of carbonyl (C=O) groups is 1. The number of aromatic nitrogens is 2. The summed E-state index contributed by atoms with van der Waals surface area (Å²) in [6.45, 7) is 7.74. The van der Waals surface area contributed by atoms with Crippen LogP contribution in [0.5, 0.6) is 0 Å². The lowest BCUT2D eigenvalue weighted by molar-refractivity contribution is -0.149. The summed E-state index contributed by atoms with van der Waals surface area (Å²) in [5.74, 6) is -0.470. The first-order valence-electron chi connectivity index (χ1n) is 8.83. The van der Waals surface area contributed by atoms with E-state index in [1.807, 2.05) is 0 Å². The molecule has 0 bridgehead atoms. The molecule has 1 aromatic rings. The Kier molecular flexibility index (Phi) is 9.77. The highest BCUT2D eigenvalue weighted by atomic mass is 31.1. The van der Waals surface area contributed by atoms with Crippen molar-refractivity contribution < 1.29 is 28.5 Å². The van der Waals surface area contributed by atoms with Gasteiger partial charge in [-0.1, -0.05) is 0 Å². The average Bonchev–Trinajstić information content (AvgIpc) is 2.57. The van der Waals surface area contributed by atoms with Gasteiger partial charge in [0.15, 0.2) is 0 Å². The van der Waals surface area contributed by atoms with Crippen LogP contribution in [0.1, 0.15) is 40.8 Å². The van der Waals surface area contributed by atoms with Crippen LogP contribution >= 0.6 is 8.18 Å². The molecule has 1 unspecified atom stereocenters. The van der Waals surface area contributed by atoms with Crippen molar-refractivity contribution in [3.8, 4) is 0 Å². The van der Waals surface area contributed by atoms with Gasteiger partial charge >= 0.3 is 11.7 Å². The third-order valence-electron chi connectivity index (χ3n) is 3.57. The number of nitrogen functional groups attached to an aromatic ring is 1. The molecule has 160 valence electrons. The Balaban J connectivity index is 2.61. The topological polar surface area (TPSA) is 155 Å². The van der Waals surface area contributed by atoms with Crippen molar-refractivity contribution in [2.24, 2.45) is 0 Å². The molecule has 0 saturated heterocycles. The van der Waals surface area contributed by atoms with E-state index >= 15 is 0 Å². The maximum Gasteiger partial charge on any atom is 0.351 e. The van der Waals surface area contributed by atoms with Gasteiger partial charge in [-0.25, -0.2) is 9.88 Å². The Labute approximate surface area is 164 Å². The second-order valence-electron chi connectivity index (χ2n) is 6.51. The minimum absolute atomic E-state index is 0.0821. The van der Waals surface area contributed by atoms with Crippen LogP contribution < -0.4 is 16.5 Å². The second-order valence-corrected chi connectivity index (χ2v) is 7.66. The lowest BCUT2D eigenvalue weighted by Crippen LogP contribution is -2.37. The normalized spacial score (nSPS) is 17.0. The Morgan fingerprint density at radius 1 is 1.36 bits per heavy atom. The molecular weight excluding hydrogens is 391 g/mol. The third-order valence-corrected chi connectivity index (χ3v) is 4.67. The van der Waals surface area contributed by atoms with Crippen LogP contribution in [0.2, 0.25) is 0 Å². The Bertz CT molecular complexity index is 725. The average molecular weight is 420 g/mol. The van der Waals surface area contributed by atoms with Crippen molar-refractivity contribution >= 4 is 20.0 Å².